The molecule has 2 unspecified atom stereocenters. The molecule has 17 nitrogen and oxygen atoms in total. The first-order valence-corrected chi connectivity index (χ1v) is 37.8. The van der Waals surface area contributed by atoms with Crippen molar-refractivity contribution in [2.45, 2.75) is 361 Å². The lowest BCUT2D eigenvalue weighted by Gasteiger charge is -2.21. The monoisotopic (exact) mass is 1250 g/mol. The van der Waals surface area contributed by atoms with Crippen LogP contribution in [-0.4, -0.2) is 96.7 Å². The first-order valence-electron chi connectivity index (χ1n) is 34.8. The van der Waals surface area contributed by atoms with Gasteiger partial charge in [-0.3, -0.25) is 37.3 Å². The maximum Gasteiger partial charge on any atom is 0.472 e. The molecule has 0 aromatic heterocycles. The highest BCUT2D eigenvalue weighted by Gasteiger charge is 2.30. The van der Waals surface area contributed by atoms with Gasteiger partial charge < -0.3 is 33.8 Å². The van der Waals surface area contributed by atoms with Crippen molar-refractivity contribution in [3.63, 3.8) is 0 Å². The maximum atomic E-state index is 13.0. The molecule has 19 heteroatoms. The van der Waals surface area contributed by atoms with Crippen molar-refractivity contribution in [3.05, 3.63) is 0 Å². The van der Waals surface area contributed by atoms with E-state index in [1.807, 2.05) is 0 Å². The third-order valence-corrected chi connectivity index (χ3v) is 17.3. The van der Waals surface area contributed by atoms with Crippen LogP contribution in [0.1, 0.15) is 342 Å². The summed E-state index contributed by atoms with van der Waals surface area (Å²) < 4.78 is 67.8. The molecule has 0 aliphatic carbocycles. The average molecular weight is 1260 g/mol. The van der Waals surface area contributed by atoms with Gasteiger partial charge in [0.15, 0.2) is 12.2 Å². The molecule has 0 fully saturated rings. The Kier molecular flexibility index (Phi) is 59.6. The summed E-state index contributed by atoms with van der Waals surface area (Å²) in [5, 5.41) is 10.5. The number of phosphoric ester groups is 2. The van der Waals surface area contributed by atoms with E-state index in [0.717, 1.165) is 109 Å². The topological polar surface area (TPSA) is 237 Å². The van der Waals surface area contributed by atoms with E-state index in [0.29, 0.717) is 25.7 Å². The standard InChI is InChI=1S/C66H128O17P2/c1-5-9-13-17-20-22-24-26-28-30-32-34-36-38-41-45-49-53-66(71)83-62(57-77-64(69)51-47-43-40-37-35-33-31-29-27-25-23-21-18-14-10-6-2)59-81-85(74,75)79-55-60(67)54-78-84(72,73)80-58-61(56-76-63(68)50-46-42-16-12-8-4)82-65(70)52-48-44-39-19-15-11-7-3/h60-62,67H,5-59H2,1-4H3,(H,72,73)(H,74,75)/t60-,61+,62+/m0/s1. The van der Waals surface area contributed by atoms with E-state index in [1.165, 1.54) is 154 Å². The molecule has 3 N–H and O–H groups in total. The van der Waals surface area contributed by atoms with Crippen molar-refractivity contribution in [3.8, 4) is 0 Å². The second-order valence-electron chi connectivity index (χ2n) is 23.9. The van der Waals surface area contributed by atoms with Gasteiger partial charge in [0.2, 0.25) is 0 Å². The summed E-state index contributed by atoms with van der Waals surface area (Å²) >= 11 is 0. The SMILES string of the molecule is CCCCCCCCCCCCCCCCCCCC(=O)O[C@H](COC(=O)CCCCCCCCCCCCCCCCCC)COP(=O)(O)OC[C@@H](O)COP(=O)(O)OC[C@@H](COC(=O)CCCCCCC)OC(=O)CCCCCCCCC. The average Bonchev–Trinajstić information content (AvgIpc) is 3.50. The minimum absolute atomic E-state index is 0.103. The first kappa shape index (κ1) is 83.1. The zero-order chi connectivity index (χ0) is 62.6. The molecule has 0 aliphatic rings. The fourth-order valence-electron chi connectivity index (χ4n) is 9.99. The molecule has 0 amide bonds. The van der Waals surface area contributed by atoms with Crippen molar-refractivity contribution in [1.82, 2.24) is 0 Å². The second kappa shape index (κ2) is 60.9. The van der Waals surface area contributed by atoms with Crippen LogP contribution < -0.4 is 0 Å². The minimum atomic E-state index is -4.94. The molecule has 0 radical (unpaired) electrons. The van der Waals surface area contributed by atoms with Gasteiger partial charge in [-0.25, -0.2) is 9.13 Å². The highest BCUT2D eigenvalue weighted by Crippen LogP contribution is 2.45. The van der Waals surface area contributed by atoms with E-state index in [2.05, 4.69) is 27.7 Å². The quantitative estimate of drug-likeness (QED) is 0.0222. The Morgan fingerprint density at radius 1 is 0.282 bits per heavy atom. The molecule has 5 atom stereocenters. The lowest BCUT2D eigenvalue weighted by Crippen LogP contribution is -2.30. The summed E-state index contributed by atoms with van der Waals surface area (Å²) in [5.74, 6) is -2.14. The van der Waals surface area contributed by atoms with Crippen LogP contribution in [0.4, 0.5) is 0 Å². The number of carbonyl (C=O) groups excluding carboxylic acids is 4. The molecular weight excluding hydrogens is 1130 g/mol. The predicted octanol–water partition coefficient (Wildman–Crippen LogP) is 18.7. The van der Waals surface area contributed by atoms with Gasteiger partial charge in [0.25, 0.3) is 0 Å². The summed E-state index contributed by atoms with van der Waals surface area (Å²) in [6, 6.07) is 0. The van der Waals surface area contributed by atoms with Gasteiger partial charge in [-0.15, -0.1) is 0 Å². The minimum Gasteiger partial charge on any atom is -0.462 e. The number of hydrogen-bond donors (Lipinski definition) is 3. The van der Waals surface area contributed by atoms with E-state index in [4.69, 9.17) is 37.0 Å². The molecule has 0 spiro atoms. The molecule has 0 saturated heterocycles. The molecular formula is C66H128O17P2. The Bertz CT molecular complexity index is 1640. The summed E-state index contributed by atoms with van der Waals surface area (Å²) in [6.07, 6.45) is 47.8. The Balaban J connectivity index is 5.12. The molecule has 0 aromatic carbocycles. The van der Waals surface area contributed by atoms with Crippen LogP contribution in [0.15, 0.2) is 0 Å². The van der Waals surface area contributed by atoms with Crippen molar-refractivity contribution < 1.29 is 80.2 Å². The Morgan fingerprint density at radius 2 is 0.471 bits per heavy atom. The molecule has 0 heterocycles. The maximum absolute atomic E-state index is 13.0. The van der Waals surface area contributed by atoms with Crippen LogP contribution >= 0.6 is 15.6 Å². The summed E-state index contributed by atoms with van der Waals surface area (Å²) in [5.41, 5.74) is 0. The van der Waals surface area contributed by atoms with Crippen molar-refractivity contribution in [2.24, 2.45) is 0 Å². The lowest BCUT2D eigenvalue weighted by atomic mass is 10.0. The van der Waals surface area contributed by atoms with E-state index in [-0.39, 0.29) is 25.7 Å². The van der Waals surface area contributed by atoms with Gasteiger partial charge in [0.1, 0.15) is 19.3 Å². The Labute approximate surface area is 517 Å². The zero-order valence-electron chi connectivity index (χ0n) is 54.6. The number of ether oxygens (including phenoxy) is 4. The Hall–Kier alpha value is -1.94. The highest BCUT2D eigenvalue weighted by molar-refractivity contribution is 7.47. The third kappa shape index (κ3) is 60.7. The first-order chi connectivity index (χ1) is 41.2. The van der Waals surface area contributed by atoms with Gasteiger partial charge in [0.05, 0.1) is 26.4 Å². The predicted molar refractivity (Wildman–Crippen MR) is 340 cm³/mol. The number of esters is 4. The van der Waals surface area contributed by atoms with Gasteiger partial charge in [-0.2, -0.15) is 0 Å². The number of hydrogen-bond acceptors (Lipinski definition) is 15. The summed E-state index contributed by atoms with van der Waals surface area (Å²) in [7, 11) is -9.87. The number of unbranched alkanes of at least 4 members (excludes halogenated alkanes) is 41. The largest absolute Gasteiger partial charge is 0.472 e. The molecule has 0 rings (SSSR count). The van der Waals surface area contributed by atoms with E-state index in [1.54, 1.807) is 0 Å². The highest BCUT2D eigenvalue weighted by atomic mass is 31.2. The third-order valence-electron chi connectivity index (χ3n) is 15.4. The smallest absolute Gasteiger partial charge is 0.462 e. The molecule has 0 bridgehead atoms. The second-order valence-corrected chi connectivity index (χ2v) is 26.8. The van der Waals surface area contributed by atoms with Crippen LogP contribution in [0.25, 0.3) is 0 Å². The molecule has 85 heavy (non-hydrogen) atoms. The lowest BCUT2D eigenvalue weighted by molar-refractivity contribution is -0.161. The summed E-state index contributed by atoms with van der Waals surface area (Å²) in [4.78, 5) is 71.9. The zero-order valence-corrected chi connectivity index (χ0v) is 56.4. The van der Waals surface area contributed by atoms with Crippen LogP contribution in [0.3, 0.4) is 0 Å². The van der Waals surface area contributed by atoms with Gasteiger partial charge in [-0.1, -0.05) is 291 Å². The number of aliphatic hydroxyl groups is 1. The number of carbonyl (C=O) groups is 4. The van der Waals surface area contributed by atoms with E-state index < -0.39 is 97.5 Å². The van der Waals surface area contributed by atoms with Gasteiger partial charge >= 0.3 is 39.5 Å². The summed E-state index contributed by atoms with van der Waals surface area (Å²) in [6.45, 7) is 4.79. The fraction of sp³-hybridized carbons (Fsp3) is 0.939. The molecule has 504 valence electrons. The van der Waals surface area contributed by atoms with Gasteiger partial charge in [-0.05, 0) is 25.7 Å². The van der Waals surface area contributed by atoms with Crippen LogP contribution in [0, 0.1) is 0 Å². The van der Waals surface area contributed by atoms with Gasteiger partial charge in [0, 0.05) is 25.7 Å². The molecule has 0 aliphatic heterocycles. The fourth-order valence-corrected chi connectivity index (χ4v) is 11.6. The molecule has 0 saturated carbocycles. The van der Waals surface area contributed by atoms with Crippen LogP contribution in [0.5, 0.6) is 0 Å². The van der Waals surface area contributed by atoms with E-state index in [9.17, 15) is 43.2 Å². The molecule has 0 aromatic rings. The van der Waals surface area contributed by atoms with Crippen LogP contribution in [-0.2, 0) is 65.4 Å². The van der Waals surface area contributed by atoms with Crippen molar-refractivity contribution in [1.29, 1.82) is 0 Å². The number of rotatable bonds is 67. The van der Waals surface area contributed by atoms with Crippen molar-refractivity contribution in [2.75, 3.05) is 39.6 Å². The Morgan fingerprint density at radius 3 is 0.694 bits per heavy atom. The van der Waals surface area contributed by atoms with Crippen molar-refractivity contribution >= 4 is 39.5 Å². The number of phosphoric acid groups is 2. The van der Waals surface area contributed by atoms with Crippen LogP contribution in [0.2, 0.25) is 0 Å². The normalized spacial score (nSPS) is 14.1. The number of aliphatic hydroxyl groups excluding tert-OH is 1. The van der Waals surface area contributed by atoms with E-state index >= 15 is 0 Å².